The molecule has 1 unspecified atom stereocenters. The number of hydrogen-bond donors (Lipinski definition) is 2. The number of nitrogens with one attached hydrogen (secondary N) is 1. The highest BCUT2D eigenvalue weighted by Gasteiger charge is 2.15. The van der Waals surface area contributed by atoms with Crippen molar-refractivity contribution >= 4 is 0 Å². The van der Waals surface area contributed by atoms with E-state index >= 15 is 0 Å². The molecule has 0 aliphatic heterocycles. The van der Waals surface area contributed by atoms with E-state index in [1.54, 1.807) is 24.3 Å². The van der Waals surface area contributed by atoms with E-state index in [9.17, 15) is 8.78 Å². The first-order valence-corrected chi connectivity index (χ1v) is 6.18. The highest BCUT2D eigenvalue weighted by Crippen LogP contribution is 2.24. The van der Waals surface area contributed by atoms with E-state index < -0.39 is 11.9 Å². The van der Waals surface area contributed by atoms with Gasteiger partial charge in [0.2, 0.25) is 0 Å². The molecule has 2 rings (SSSR count). The number of benzene rings is 2. The van der Waals surface area contributed by atoms with Gasteiger partial charge in [-0.1, -0.05) is 18.2 Å². The topological polar surface area (TPSA) is 47.3 Å². The minimum absolute atomic E-state index is 0.304. The molecule has 2 aromatic carbocycles. The molecule has 0 aliphatic carbocycles. The number of ether oxygens (including phenoxy) is 1. The maximum absolute atomic E-state index is 14.0. The fraction of sp³-hybridized carbons (Fsp3) is 0.200. The minimum atomic E-state index is -0.397. The third kappa shape index (κ3) is 3.31. The molecule has 0 spiro atoms. The van der Waals surface area contributed by atoms with Crippen molar-refractivity contribution in [2.24, 2.45) is 5.84 Å². The molecule has 0 fully saturated rings. The van der Waals surface area contributed by atoms with Crippen LogP contribution in [0.25, 0.3) is 0 Å². The van der Waals surface area contributed by atoms with Crippen molar-refractivity contribution in [3.63, 3.8) is 0 Å². The highest BCUT2D eigenvalue weighted by molar-refractivity contribution is 5.32. The molecule has 0 saturated heterocycles. The van der Waals surface area contributed by atoms with Gasteiger partial charge in [0.05, 0.1) is 13.2 Å². The van der Waals surface area contributed by atoms with Crippen LogP contribution in [0.1, 0.15) is 17.2 Å². The molecular formula is C15H16F2N2O. The average molecular weight is 278 g/mol. The Morgan fingerprint density at radius 1 is 1.15 bits per heavy atom. The van der Waals surface area contributed by atoms with Gasteiger partial charge in [0.1, 0.15) is 17.4 Å². The molecule has 0 aliphatic rings. The number of rotatable bonds is 5. The van der Waals surface area contributed by atoms with Crippen LogP contribution in [-0.4, -0.2) is 7.11 Å². The van der Waals surface area contributed by atoms with Crippen LogP contribution in [0.5, 0.6) is 5.75 Å². The van der Waals surface area contributed by atoms with E-state index in [1.165, 1.54) is 25.3 Å². The Kier molecular flexibility index (Phi) is 4.65. The van der Waals surface area contributed by atoms with Gasteiger partial charge in [-0.25, -0.2) is 8.78 Å². The van der Waals surface area contributed by atoms with Gasteiger partial charge >= 0.3 is 0 Å². The van der Waals surface area contributed by atoms with Gasteiger partial charge in [0.25, 0.3) is 0 Å². The molecule has 3 nitrogen and oxygen atoms in total. The summed E-state index contributed by atoms with van der Waals surface area (Å²) >= 11 is 0. The Balaban J connectivity index is 2.21. The quantitative estimate of drug-likeness (QED) is 0.653. The smallest absolute Gasteiger partial charge is 0.131 e. The molecule has 3 N–H and O–H groups in total. The van der Waals surface area contributed by atoms with Gasteiger partial charge < -0.3 is 4.74 Å². The summed E-state index contributed by atoms with van der Waals surface area (Å²) in [7, 11) is 1.48. The first kappa shape index (κ1) is 14.4. The summed E-state index contributed by atoms with van der Waals surface area (Å²) in [5.74, 6) is 5.25. The van der Waals surface area contributed by atoms with E-state index in [0.717, 1.165) is 5.56 Å². The van der Waals surface area contributed by atoms with Crippen molar-refractivity contribution in [2.45, 2.75) is 12.5 Å². The second kappa shape index (κ2) is 6.45. The Morgan fingerprint density at radius 3 is 2.40 bits per heavy atom. The molecule has 0 heterocycles. The van der Waals surface area contributed by atoms with Crippen LogP contribution >= 0.6 is 0 Å². The van der Waals surface area contributed by atoms with Crippen LogP contribution in [0.4, 0.5) is 8.78 Å². The van der Waals surface area contributed by atoms with E-state index in [-0.39, 0.29) is 5.82 Å². The normalized spacial score (nSPS) is 12.2. The van der Waals surface area contributed by atoms with Crippen molar-refractivity contribution in [3.05, 3.63) is 65.2 Å². The Hall–Kier alpha value is -1.98. The largest absolute Gasteiger partial charge is 0.497 e. The maximum Gasteiger partial charge on any atom is 0.131 e. The number of methoxy groups -OCH3 is 1. The molecule has 106 valence electrons. The van der Waals surface area contributed by atoms with Gasteiger partial charge in [-0.3, -0.25) is 11.3 Å². The van der Waals surface area contributed by atoms with E-state index in [2.05, 4.69) is 5.43 Å². The predicted octanol–water partition coefficient (Wildman–Crippen LogP) is 2.72. The minimum Gasteiger partial charge on any atom is -0.497 e. The van der Waals surface area contributed by atoms with Crippen LogP contribution in [0, 0.1) is 11.6 Å². The number of nitrogens with two attached hydrogens (primary N) is 1. The lowest BCUT2D eigenvalue weighted by atomic mass is 9.99. The summed E-state index contributed by atoms with van der Waals surface area (Å²) < 4.78 is 31.8. The van der Waals surface area contributed by atoms with Crippen molar-refractivity contribution in [3.8, 4) is 5.75 Å². The molecule has 0 radical (unpaired) electrons. The Morgan fingerprint density at radius 2 is 1.85 bits per heavy atom. The SMILES string of the molecule is COc1ccc(C(Cc2ccc(F)cc2)NN)c(F)c1. The summed E-state index contributed by atoms with van der Waals surface area (Å²) in [5, 5.41) is 0. The number of halogens is 2. The number of hydrazine groups is 1. The lowest BCUT2D eigenvalue weighted by molar-refractivity contribution is 0.409. The van der Waals surface area contributed by atoms with Gasteiger partial charge in [-0.05, 0) is 30.2 Å². The summed E-state index contributed by atoms with van der Waals surface area (Å²) in [6, 6.07) is 10.3. The lowest BCUT2D eigenvalue weighted by Crippen LogP contribution is -2.30. The average Bonchev–Trinajstić information content (AvgIpc) is 2.47. The zero-order valence-corrected chi connectivity index (χ0v) is 11.1. The molecule has 2 aromatic rings. The summed E-state index contributed by atoms with van der Waals surface area (Å²) in [5.41, 5.74) is 3.89. The first-order chi connectivity index (χ1) is 9.63. The van der Waals surface area contributed by atoms with Crippen molar-refractivity contribution < 1.29 is 13.5 Å². The summed E-state index contributed by atoms with van der Waals surface area (Å²) in [6.07, 6.45) is 0.458. The van der Waals surface area contributed by atoms with Crippen LogP contribution in [0.15, 0.2) is 42.5 Å². The molecule has 0 saturated carbocycles. The maximum atomic E-state index is 14.0. The Labute approximate surface area is 116 Å². The molecule has 1 atom stereocenters. The van der Waals surface area contributed by atoms with Gasteiger partial charge in [-0.15, -0.1) is 0 Å². The zero-order chi connectivity index (χ0) is 14.5. The van der Waals surface area contributed by atoms with Crippen LogP contribution < -0.4 is 16.0 Å². The second-order valence-corrected chi connectivity index (χ2v) is 4.44. The molecule has 5 heteroatoms. The van der Waals surface area contributed by atoms with E-state index in [4.69, 9.17) is 10.6 Å². The third-order valence-electron chi connectivity index (χ3n) is 3.14. The van der Waals surface area contributed by atoms with Crippen molar-refractivity contribution in [1.29, 1.82) is 0 Å². The standard InChI is InChI=1S/C15H16F2N2O/c1-20-12-6-7-13(14(17)9-12)15(19-18)8-10-2-4-11(16)5-3-10/h2-7,9,15,19H,8,18H2,1H3. The van der Waals surface area contributed by atoms with Gasteiger partial charge in [0, 0.05) is 11.6 Å². The second-order valence-electron chi connectivity index (χ2n) is 4.44. The predicted molar refractivity (Wildman–Crippen MR) is 73.1 cm³/mol. The first-order valence-electron chi connectivity index (χ1n) is 6.18. The Bertz CT molecular complexity index is 573. The molecule has 0 amide bonds. The molecule has 0 aromatic heterocycles. The van der Waals surface area contributed by atoms with Crippen molar-refractivity contribution in [1.82, 2.24) is 5.43 Å². The highest BCUT2D eigenvalue weighted by atomic mass is 19.1. The van der Waals surface area contributed by atoms with Gasteiger partial charge in [-0.2, -0.15) is 0 Å². The van der Waals surface area contributed by atoms with Crippen molar-refractivity contribution in [2.75, 3.05) is 7.11 Å². The van der Waals surface area contributed by atoms with Crippen LogP contribution in [0.2, 0.25) is 0 Å². The fourth-order valence-electron chi connectivity index (χ4n) is 2.03. The van der Waals surface area contributed by atoms with Crippen LogP contribution in [0.3, 0.4) is 0 Å². The lowest BCUT2D eigenvalue weighted by Gasteiger charge is -2.17. The molecular weight excluding hydrogens is 262 g/mol. The fourth-order valence-corrected chi connectivity index (χ4v) is 2.03. The monoisotopic (exact) mass is 278 g/mol. The molecule has 20 heavy (non-hydrogen) atoms. The molecule has 0 bridgehead atoms. The summed E-state index contributed by atoms with van der Waals surface area (Å²) in [6.45, 7) is 0. The van der Waals surface area contributed by atoms with Gasteiger partial charge in [0.15, 0.2) is 0 Å². The van der Waals surface area contributed by atoms with E-state index in [1.807, 2.05) is 0 Å². The summed E-state index contributed by atoms with van der Waals surface area (Å²) in [4.78, 5) is 0. The number of hydrogen-bond acceptors (Lipinski definition) is 3. The van der Waals surface area contributed by atoms with Crippen LogP contribution in [-0.2, 0) is 6.42 Å². The van der Waals surface area contributed by atoms with E-state index in [0.29, 0.717) is 17.7 Å². The third-order valence-corrected chi connectivity index (χ3v) is 3.14. The zero-order valence-electron chi connectivity index (χ0n) is 11.1.